The molecule has 4 aromatic rings. The Kier molecular flexibility index (Phi) is 8.28. The molecule has 5 rings (SSSR count). The number of carbonyl (C=O) groups excluding carboxylic acids is 2. The van der Waals surface area contributed by atoms with Crippen LogP contribution in [0.25, 0.3) is 5.69 Å². The predicted octanol–water partition coefficient (Wildman–Crippen LogP) is 6.72. The van der Waals surface area contributed by atoms with Crippen molar-refractivity contribution in [1.29, 1.82) is 0 Å². The third-order valence-corrected chi connectivity index (χ3v) is 8.79. The number of carbonyl (C=O) groups is 2. The highest BCUT2D eigenvalue weighted by atomic mass is 32.2. The number of benzene rings is 3. The summed E-state index contributed by atoms with van der Waals surface area (Å²) in [5.41, 5.74) is 7.58. The van der Waals surface area contributed by atoms with Crippen LogP contribution in [0.5, 0.6) is 0 Å². The summed E-state index contributed by atoms with van der Waals surface area (Å²) < 4.78 is 15.2. The number of halogens is 1. The number of hydrogen-bond acceptors (Lipinski definition) is 4. The summed E-state index contributed by atoms with van der Waals surface area (Å²) in [5.74, 6) is 0.0641. The molecule has 8 heteroatoms. The molecule has 3 aromatic carbocycles. The lowest BCUT2D eigenvalue weighted by atomic mass is 9.86. The van der Waals surface area contributed by atoms with E-state index in [1.54, 1.807) is 28.8 Å². The number of hydrogen-bond donors (Lipinski definition) is 1. The Morgan fingerprint density at radius 2 is 1.74 bits per heavy atom. The standard InChI is InChI=1S/C34H37FN4O2S/c1-21-11-16-27(23(3)17-21)39-33-30(32(37-39)34(4,5)6)31(26-10-8-7-9-22(26)2)42-20-29(41)38(33)19-28(40)36-18-24-12-14-25(35)15-13-24/h7-17,31H,18-20H2,1-6H3,(H,36,40). The van der Waals surface area contributed by atoms with Crippen LogP contribution >= 0.6 is 11.8 Å². The second kappa shape index (κ2) is 11.8. The second-order valence-electron chi connectivity index (χ2n) is 12.0. The van der Waals surface area contributed by atoms with Crippen molar-refractivity contribution in [3.8, 4) is 5.69 Å². The maximum Gasteiger partial charge on any atom is 0.240 e. The Morgan fingerprint density at radius 1 is 1.02 bits per heavy atom. The van der Waals surface area contributed by atoms with Gasteiger partial charge in [-0.1, -0.05) is 74.9 Å². The van der Waals surface area contributed by atoms with Crippen molar-refractivity contribution in [3.05, 3.63) is 112 Å². The molecule has 1 atom stereocenters. The van der Waals surface area contributed by atoms with Crippen molar-refractivity contribution >= 4 is 29.4 Å². The van der Waals surface area contributed by atoms with E-state index >= 15 is 0 Å². The SMILES string of the molecule is Cc1ccc(-n2nc(C(C)(C)C)c3c2N(CC(=O)NCc2ccc(F)cc2)C(=O)CSC3c2ccccc2C)c(C)c1. The summed E-state index contributed by atoms with van der Waals surface area (Å²) >= 11 is 1.58. The van der Waals surface area contributed by atoms with E-state index in [1.165, 1.54) is 12.1 Å². The van der Waals surface area contributed by atoms with E-state index in [1.807, 2.05) is 42.8 Å². The van der Waals surface area contributed by atoms with Crippen LogP contribution in [0.4, 0.5) is 10.2 Å². The number of thioether (sulfide) groups is 1. The predicted molar refractivity (Wildman–Crippen MR) is 168 cm³/mol. The molecule has 6 nitrogen and oxygen atoms in total. The number of nitrogens with zero attached hydrogens (tertiary/aromatic N) is 3. The highest BCUT2D eigenvalue weighted by Crippen LogP contribution is 2.49. The molecule has 218 valence electrons. The Morgan fingerprint density at radius 3 is 2.40 bits per heavy atom. The lowest BCUT2D eigenvalue weighted by molar-refractivity contribution is -0.123. The minimum atomic E-state index is -0.334. The zero-order valence-corrected chi connectivity index (χ0v) is 25.8. The van der Waals surface area contributed by atoms with Gasteiger partial charge in [0, 0.05) is 17.5 Å². The molecule has 0 bridgehead atoms. The van der Waals surface area contributed by atoms with Gasteiger partial charge in [-0.05, 0) is 61.2 Å². The van der Waals surface area contributed by atoms with Crippen LogP contribution < -0.4 is 10.2 Å². The van der Waals surface area contributed by atoms with Crippen molar-refractivity contribution in [2.45, 2.75) is 58.8 Å². The highest BCUT2D eigenvalue weighted by Gasteiger charge is 2.40. The van der Waals surface area contributed by atoms with E-state index in [0.29, 0.717) is 5.82 Å². The first-order valence-electron chi connectivity index (χ1n) is 14.1. The molecule has 1 aliphatic rings. The third-order valence-electron chi connectivity index (χ3n) is 7.56. The van der Waals surface area contributed by atoms with Crippen molar-refractivity contribution in [3.63, 3.8) is 0 Å². The Bertz CT molecular complexity index is 1640. The first-order valence-corrected chi connectivity index (χ1v) is 15.2. The van der Waals surface area contributed by atoms with Crippen LogP contribution in [0, 0.1) is 26.6 Å². The van der Waals surface area contributed by atoms with E-state index < -0.39 is 0 Å². The summed E-state index contributed by atoms with van der Waals surface area (Å²) in [4.78, 5) is 28.9. The molecule has 0 aliphatic carbocycles. The summed E-state index contributed by atoms with van der Waals surface area (Å²) in [7, 11) is 0. The summed E-state index contributed by atoms with van der Waals surface area (Å²) in [6, 6.07) is 20.4. The molecule has 2 heterocycles. The Balaban J connectivity index is 1.66. The smallest absolute Gasteiger partial charge is 0.240 e. The van der Waals surface area contributed by atoms with Gasteiger partial charge >= 0.3 is 0 Å². The van der Waals surface area contributed by atoms with E-state index in [9.17, 15) is 14.0 Å². The van der Waals surface area contributed by atoms with Crippen molar-refractivity contribution in [2.24, 2.45) is 0 Å². The zero-order valence-electron chi connectivity index (χ0n) is 25.0. The van der Waals surface area contributed by atoms with E-state index in [2.05, 4.69) is 51.2 Å². The van der Waals surface area contributed by atoms with Crippen LogP contribution in [-0.2, 0) is 21.5 Å². The minimum absolute atomic E-state index is 0.147. The second-order valence-corrected chi connectivity index (χ2v) is 13.1. The average Bonchev–Trinajstić information content (AvgIpc) is 3.26. The number of nitrogens with one attached hydrogen (secondary N) is 1. The molecule has 42 heavy (non-hydrogen) atoms. The minimum Gasteiger partial charge on any atom is -0.350 e. The van der Waals surface area contributed by atoms with Gasteiger partial charge in [-0.25, -0.2) is 9.07 Å². The fourth-order valence-corrected chi connectivity index (χ4v) is 6.71. The monoisotopic (exact) mass is 584 g/mol. The summed E-state index contributed by atoms with van der Waals surface area (Å²) in [5, 5.41) is 7.97. The molecule has 0 saturated carbocycles. The third kappa shape index (κ3) is 6.00. The number of rotatable bonds is 6. The van der Waals surface area contributed by atoms with Crippen LogP contribution in [0.3, 0.4) is 0 Å². The van der Waals surface area contributed by atoms with Gasteiger partial charge in [0.25, 0.3) is 0 Å². The van der Waals surface area contributed by atoms with E-state index in [4.69, 9.17) is 5.10 Å². The number of aromatic nitrogens is 2. The number of amides is 2. The van der Waals surface area contributed by atoms with Gasteiger partial charge in [0.15, 0.2) is 0 Å². The van der Waals surface area contributed by atoms with Crippen LogP contribution in [-0.4, -0.2) is 33.9 Å². The normalized spacial score (nSPS) is 15.4. The molecule has 0 spiro atoms. The highest BCUT2D eigenvalue weighted by molar-refractivity contribution is 8.00. The Labute approximate surface area is 251 Å². The maximum absolute atomic E-state index is 13.9. The maximum atomic E-state index is 13.9. The molecular weight excluding hydrogens is 547 g/mol. The first kappa shape index (κ1) is 29.6. The molecule has 1 N–H and O–H groups in total. The van der Waals surface area contributed by atoms with E-state index in [-0.39, 0.29) is 47.1 Å². The molecule has 1 aliphatic heterocycles. The molecule has 0 fully saturated rings. The summed E-state index contributed by atoms with van der Waals surface area (Å²) in [6.45, 7) is 12.7. The lowest BCUT2D eigenvalue weighted by Crippen LogP contribution is -2.42. The fourth-order valence-electron chi connectivity index (χ4n) is 5.41. The van der Waals surface area contributed by atoms with Crippen LogP contribution in [0.15, 0.2) is 66.7 Å². The van der Waals surface area contributed by atoms with Gasteiger partial charge in [-0.3, -0.25) is 14.5 Å². The van der Waals surface area contributed by atoms with Gasteiger partial charge in [0.1, 0.15) is 18.2 Å². The Hall–Kier alpha value is -3.91. The summed E-state index contributed by atoms with van der Waals surface area (Å²) in [6.07, 6.45) is 0. The van der Waals surface area contributed by atoms with Gasteiger partial charge in [0.2, 0.25) is 11.8 Å². The zero-order chi connectivity index (χ0) is 30.2. The first-order chi connectivity index (χ1) is 19.9. The largest absolute Gasteiger partial charge is 0.350 e. The fraction of sp³-hybridized carbons (Fsp3) is 0.324. The molecule has 2 amide bonds. The molecular formula is C34H37FN4O2S. The van der Waals surface area contributed by atoms with Crippen LogP contribution in [0.1, 0.15) is 65.1 Å². The van der Waals surface area contributed by atoms with E-state index in [0.717, 1.165) is 44.8 Å². The number of anilines is 1. The quantitative estimate of drug-likeness (QED) is 0.273. The average molecular weight is 585 g/mol. The number of fused-ring (bicyclic) bond motifs is 1. The molecule has 0 radical (unpaired) electrons. The van der Waals surface area contributed by atoms with Gasteiger partial charge in [-0.2, -0.15) is 5.10 Å². The molecule has 1 aromatic heterocycles. The van der Waals surface area contributed by atoms with Crippen molar-refractivity contribution < 1.29 is 14.0 Å². The lowest BCUT2D eigenvalue weighted by Gasteiger charge is -2.25. The van der Waals surface area contributed by atoms with Gasteiger partial charge in [0.05, 0.1) is 22.4 Å². The molecule has 0 saturated heterocycles. The van der Waals surface area contributed by atoms with Crippen molar-refractivity contribution in [1.82, 2.24) is 15.1 Å². The number of aryl methyl sites for hydroxylation is 3. The van der Waals surface area contributed by atoms with Crippen LogP contribution in [0.2, 0.25) is 0 Å². The van der Waals surface area contributed by atoms with Gasteiger partial charge in [-0.15, -0.1) is 11.8 Å². The molecule has 1 unspecified atom stereocenters. The van der Waals surface area contributed by atoms with Gasteiger partial charge < -0.3 is 5.32 Å². The topological polar surface area (TPSA) is 67.2 Å². The van der Waals surface area contributed by atoms with Crippen molar-refractivity contribution in [2.75, 3.05) is 17.2 Å².